The molecule has 0 atom stereocenters. The Labute approximate surface area is 226 Å². The standard InChI is InChI=1S/C29H39N5O3S/c1-21-8-9-24(18-26(21)38(35,36)20-29(3,4)5)31-27-22(2)19-30-28(33-27)32-23-10-12-25(13-11-23)37-17-16-34-14-6-7-15-34/h8-13,18-19H,6-7,14-17,20H2,1-5H3,(H2,30,31,32,33). The predicted molar refractivity (Wildman–Crippen MR) is 154 cm³/mol. The van der Waals surface area contributed by atoms with Crippen molar-refractivity contribution < 1.29 is 13.2 Å². The zero-order valence-corrected chi connectivity index (χ0v) is 23.9. The van der Waals surface area contributed by atoms with Gasteiger partial charge < -0.3 is 15.4 Å². The van der Waals surface area contributed by atoms with Crippen molar-refractivity contribution in [2.24, 2.45) is 5.41 Å². The van der Waals surface area contributed by atoms with Crippen molar-refractivity contribution in [3.8, 4) is 5.75 Å². The number of sulfone groups is 1. The number of anilines is 4. The Kier molecular flexibility index (Phi) is 8.57. The summed E-state index contributed by atoms with van der Waals surface area (Å²) in [5.41, 5.74) is 2.74. The molecule has 1 saturated heterocycles. The van der Waals surface area contributed by atoms with Gasteiger partial charge in [0.05, 0.1) is 10.6 Å². The van der Waals surface area contributed by atoms with Gasteiger partial charge in [0, 0.05) is 29.7 Å². The Morgan fingerprint density at radius 2 is 1.63 bits per heavy atom. The van der Waals surface area contributed by atoms with E-state index in [1.165, 1.54) is 25.9 Å². The van der Waals surface area contributed by atoms with Crippen LogP contribution in [-0.2, 0) is 9.84 Å². The van der Waals surface area contributed by atoms with Gasteiger partial charge in [-0.3, -0.25) is 4.90 Å². The maximum Gasteiger partial charge on any atom is 0.229 e. The summed E-state index contributed by atoms with van der Waals surface area (Å²) in [6.07, 6.45) is 4.30. The first-order valence-corrected chi connectivity index (χ1v) is 14.8. The summed E-state index contributed by atoms with van der Waals surface area (Å²) < 4.78 is 32.0. The van der Waals surface area contributed by atoms with E-state index in [1.807, 2.05) is 71.0 Å². The Bertz CT molecular complexity index is 1350. The third-order valence-corrected chi connectivity index (χ3v) is 8.72. The first-order chi connectivity index (χ1) is 18.0. The number of nitrogens with zero attached hydrogens (tertiary/aromatic N) is 3. The van der Waals surface area contributed by atoms with Gasteiger partial charge in [-0.05, 0) is 87.2 Å². The highest BCUT2D eigenvalue weighted by molar-refractivity contribution is 7.91. The van der Waals surface area contributed by atoms with Gasteiger partial charge in [0.1, 0.15) is 18.2 Å². The number of ether oxygens (including phenoxy) is 1. The first-order valence-electron chi connectivity index (χ1n) is 13.1. The second-order valence-corrected chi connectivity index (χ2v) is 13.2. The van der Waals surface area contributed by atoms with E-state index in [0.717, 1.165) is 29.1 Å². The van der Waals surface area contributed by atoms with E-state index < -0.39 is 9.84 Å². The fourth-order valence-corrected chi connectivity index (χ4v) is 6.65. The average molecular weight is 538 g/mol. The summed E-state index contributed by atoms with van der Waals surface area (Å²) in [4.78, 5) is 11.8. The molecule has 1 aromatic heterocycles. The number of hydrogen-bond donors (Lipinski definition) is 2. The van der Waals surface area contributed by atoms with Crippen molar-refractivity contribution >= 4 is 33.0 Å². The van der Waals surface area contributed by atoms with Crippen molar-refractivity contribution in [1.29, 1.82) is 0 Å². The van der Waals surface area contributed by atoms with Crippen LogP contribution in [0.3, 0.4) is 0 Å². The number of hydrogen-bond acceptors (Lipinski definition) is 8. The number of benzene rings is 2. The second kappa shape index (κ2) is 11.7. The summed E-state index contributed by atoms with van der Waals surface area (Å²) in [5, 5.41) is 6.51. The molecule has 204 valence electrons. The fraction of sp³-hybridized carbons (Fsp3) is 0.448. The summed E-state index contributed by atoms with van der Waals surface area (Å²) in [5.74, 6) is 1.95. The molecule has 8 nitrogen and oxygen atoms in total. The molecule has 1 fully saturated rings. The first kappa shape index (κ1) is 27.9. The Morgan fingerprint density at radius 3 is 2.32 bits per heavy atom. The van der Waals surface area contributed by atoms with Gasteiger partial charge >= 0.3 is 0 Å². The highest BCUT2D eigenvalue weighted by Gasteiger charge is 2.25. The highest BCUT2D eigenvalue weighted by Crippen LogP contribution is 2.29. The van der Waals surface area contributed by atoms with Crippen molar-refractivity contribution in [2.45, 2.75) is 52.4 Å². The van der Waals surface area contributed by atoms with Crippen molar-refractivity contribution in [3.05, 3.63) is 59.8 Å². The Balaban J connectivity index is 1.42. The Hall–Kier alpha value is -3.17. The topological polar surface area (TPSA) is 96.5 Å². The van der Waals surface area contributed by atoms with Crippen LogP contribution in [0, 0.1) is 19.3 Å². The van der Waals surface area contributed by atoms with Crippen LogP contribution in [0.4, 0.5) is 23.1 Å². The van der Waals surface area contributed by atoms with Crippen molar-refractivity contribution in [1.82, 2.24) is 14.9 Å². The van der Waals surface area contributed by atoms with Crippen LogP contribution < -0.4 is 15.4 Å². The molecule has 0 spiro atoms. The molecular formula is C29H39N5O3S. The average Bonchev–Trinajstić information content (AvgIpc) is 3.35. The molecule has 3 aromatic rings. The highest BCUT2D eigenvalue weighted by atomic mass is 32.2. The largest absolute Gasteiger partial charge is 0.492 e. The molecule has 0 amide bonds. The quantitative estimate of drug-likeness (QED) is 0.331. The molecule has 2 heterocycles. The van der Waals surface area contributed by atoms with Crippen molar-refractivity contribution in [3.63, 3.8) is 0 Å². The van der Waals surface area contributed by atoms with Gasteiger partial charge in [0.25, 0.3) is 0 Å². The SMILES string of the molecule is Cc1ccc(Nc2nc(Nc3ccc(OCCN4CCCC4)cc3)ncc2C)cc1S(=O)(=O)CC(C)(C)C. The number of likely N-dealkylation sites (tertiary alicyclic amines) is 1. The van der Waals surface area contributed by atoms with Crippen LogP contribution in [0.5, 0.6) is 5.75 Å². The van der Waals surface area contributed by atoms with E-state index >= 15 is 0 Å². The molecule has 38 heavy (non-hydrogen) atoms. The predicted octanol–water partition coefficient (Wildman–Crippen LogP) is 5.88. The monoisotopic (exact) mass is 537 g/mol. The van der Waals surface area contributed by atoms with Gasteiger partial charge in [0.15, 0.2) is 9.84 Å². The zero-order chi connectivity index (χ0) is 27.3. The van der Waals surface area contributed by atoms with Crippen LogP contribution in [0.2, 0.25) is 0 Å². The number of rotatable bonds is 10. The molecule has 0 saturated carbocycles. The molecule has 1 aliphatic heterocycles. The van der Waals surface area contributed by atoms with E-state index in [1.54, 1.807) is 12.3 Å². The molecule has 4 rings (SSSR count). The lowest BCUT2D eigenvalue weighted by Gasteiger charge is -2.19. The molecule has 0 radical (unpaired) electrons. The van der Waals surface area contributed by atoms with Crippen LogP contribution in [-0.4, -0.2) is 55.3 Å². The summed E-state index contributed by atoms with van der Waals surface area (Å²) >= 11 is 0. The minimum Gasteiger partial charge on any atom is -0.492 e. The summed E-state index contributed by atoms with van der Waals surface area (Å²) in [6.45, 7) is 13.5. The van der Waals surface area contributed by atoms with E-state index in [9.17, 15) is 8.42 Å². The minimum atomic E-state index is -3.43. The Morgan fingerprint density at radius 1 is 0.947 bits per heavy atom. The van der Waals surface area contributed by atoms with E-state index in [2.05, 4.69) is 25.5 Å². The van der Waals surface area contributed by atoms with E-state index in [-0.39, 0.29) is 11.2 Å². The normalized spacial score (nSPS) is 14.4. The van der Waals surface area contributed by atoms with Crippen LogP contribution in [0.1, 0.15) is 44.7 Å². The maximum atomic E-state index is 13.1. The number of nitrogens with one attached hydrogen (secondary N) is 2. The molecule has 2 N–H and O–H groups in total. The minimum absolute atomic E-state index is 0.0766. The molecule has 0 aliphatic carbocycles. The molecule has 9 heteroatoms. The van der Waals surface area contributed by atoms with Gasteiger partial charge in [-0.1, -0.05) is 26.8 Å². The van der Waals surface area contributed by atoms with E-state index in [0.29, 0.717) is 29.0 Å². The third-order valence-electron chi connectivity index (χ3n) is 6.37. The molecule has 1 aliphatic rings. The number of aryl methyl sites for hydroxylation is 2. The zero-order valence-electron chi connectivity index (χ0n) is 23.0. The lowest BCUT2D eigenvalue weighted by Crippen LogP contribution is -2.25. The van der Waals surface area contributed by atoms with Gasteiger partial charge in [-0.2, -0.15) is 4.98 Å². The smallest absolute Gasteiger partial charge is 0.229 e. The molecular weight excluding hydrogens is 498 g/mol. The van der Waals surface area contributed by atoms with Crippen LogP contribution in [0.15, 0.2) is 53.6 Å². The lowest BCUT2D eigenvalue weighted by molar-refractivity contribution is 0.238. The van der Waals surface area contributed by atoms with Crippen LogP contribution in [0.25, 0.3) is 0 Å². The number of aromatic nitrogens is 2. The maximum absolute atomic E-state index is 13.1. The lowest BCUT2D eigenvalue weighted by atomic mass is 10.0. The third kappa shape index (κ3) is 7.68. The van der Waals surface area contributed by atoms with Gasteiger partial charge in [-0.15, -0.1) is 0 Å². The fourth-order valence-electron chi connectivity index (χ4n) is 4.49. The summed E-state index contributed by atoms with van der Waals surface area (Å²) in [7, 11) is -3.43. The van der Waals surface area contributed by atoms with Gasteiger partial charge in [0.2, 0.25) is 5.95 Å². The van der Waals surface area contributed by atoms with Gasteiger partial charge in [-0.25, -0.2) is 13.4 Å². The van der Waals surface area contributed by atoms with Crippen molar-refractivity contribution in [2.75, 3.05) is 42.6 Å². The summed E-state index contributed by atoms with van der Waals surface area (Å²) in [6, 6.07) is 13.1. The van der Waals surface area contributed by atoms with Crippen LogP contribution >= 0.6 is 0 Å². The second-order valence-electron chi connectivity index (χ2n) is 11.2. The molecule has 2 aromatic carbocycles. The molecule has 0 unspecified atom stereocenters. The molecule has 0 bridgehead atoms. The van der Waals surface area contributed by atoms with E-state index in [4.69, 9.17) is 4.74 Å².